The van der Waals surface area contributed by atoms with E-state index in [-0.39, 0.29) is 19.3 Å². The molecule has 4 rings (SSSR count). The third kappa shape index (κ3) is 5.63. The lowest BCUT2D eigenvalue weighted by atomic mass is 9.99. The van der Waals surface area contributed by atoms with Crippen LogP contribution in [0.2, 0.25) is 5.02 Å². The maximum atomic E-state index is 9.85. The summed E-state index contributed by atoms with van der Waals surface area (Å²) >= 11 is 6.16. The number of hydrogen-bond acceptors (Lipinski definition) is 5. The average Bonchev–Trinajstić information content (AvgIpc) is 2.84. The summed E-state index contributed by atoms with van der Waals surface area (Å²) in [5.41, 5.74) is 3.89. The number of nitriles is 1. The second kappa shape index (κ2) is 10.7. The minimum atomic E-state index is -0.0656. The normalized spacial score (nSPS) is 16.4. The molecule has 1 aliphatic heterocycles. The number of halogens is 1. The molecule has 33 heavy (non-hydrogen) atoms. The molecule has 2 heterocycles. The topological polar surface area (TPSA) is 63.6 Å². The van der Waals surface area contributed by atoms with Crippen LogP contribution in [-0.4, -0.2) is 42.9 Å². The number of rotatable bonds is 7. The van der Waals surface area contributed by atoms with Gasteiger partial charge in [-0.25, -0.2) is 4.57 Å². The van der Waals surface area contributed by atoms with Crippen LogP contribution in [0, 0.1) is 11.3 Å². The van der Waals surface area contributed by atoms with Gasteiger partial charge in [0, 0.05) is 43.3 Å². The third-order valence-corrected chi connectivity index (χ3v) is 6.18. The van der Waals surface area contributed by atoms with E-state index >= 15 is 0 Å². The van der Waals surface area contributed by atoms with Gasteiger partial charge in [-0.1, -0.05) is 23.7 Å². The Hall–Kier alpha value is -3.11. The van der Waals surface area contributed by atoms with Crippen molar-refractivity contribution in [1.82, 2.24) is 4.90 Å². The van der Waals surface area contributed by atoms with E-state index in [1.54, 1.807) is 6.07 Å². The summed E-state index contributed by atoms with van der Waals surface area (Å²) in [4.78, 5) is 4.76. The lowest BCUT2D eigenvalue weighted by molar-refractivity contribution is -0.671. The number of piperazine rings is 1. The molecule has 0 spiro atoms. The van der Waals surface area contributed by atoms with Gasteiger partial charge >= 0.3 is 0 Å². The summed E-state index contributed by atoms with van der Waals surface area (Å²) in [7, 11) is 2.02. The highest BCUT2D eigenvalue weighted by Gasteiger charge is 2.30. The Bertz CT molecular complexity index is 1110. The van der Waals surface area contributed by atoms with Crippen molar-refractivity contribution in [2.24, 2.45) is 7.05 Å². The van der Waals surface area contributed by atoms with Crippen LogP contribution in [0.15, 0.2) is 67.0 Å². The first-order valence-corrected chi connectivity index (χ1v) is 11.4. The lowest BCUT2D eigenvalue weighted by Crippen LogP contribution is -2.48. The molecular weight excluding hydrogens is 436 g/mol. The summed E-state index contributed by atoms with van der Waals surface area (Å²) in [6.07, 6.45) is 4.14. The molecule has 1 atom stereocenters. The highest BCUT2D eigenvalue weighted by atomic mass is 35.5. The molecule has 170 valence electrons. The van der Waals surface area contributed by atoms with Crippen molar-refractivity contribution in [3.05, 3.63) is 88.7 Å². The Labute approximate surface area is 199 Å². The van der Waals surface area contributed by atoms with Crippen molar-refractivity contribution in [2.75, 3.05) is 37.7 Å². The van der Waals surface area contributed by atoms with E-state index in [1.807, 2.05) is 35.9 Å². The fraction of sp³-hybridized carbons (Fsp3) is 0.308. The largest absolute Gasteiger partial charge is 0.491 e. The predicted octanol–water partition coefficient (Wildman–Crippen LogP) is 3.47. The molecule has 3 aromatic rings. The van der Waals surface area contributed by atoms with Crippen molar-refractivity contribution >= 4 is 17.3 Å². The second-order valence-electron chi connectivity index (χ2n) is 8.23. The Morgan fingerprint density at radius 3 is 2.58 bits per heavy atom. The molecule has 0 radical (unpaired) electrons. The predicted molar refractivity (Wildman–Crippen MR) is 128 cm³/mol. The van der Waals surface area contributed by atoms with Crippen LogP contribution in [0.5, 0.6) is 5.75 Å². The Balaban J connectivity index is 1.62. The van der Waals surface area contributed by atoms with Gasteiger partial charge in [-0.05, 0) is 41.5 Å². The van der Waals surface area contributed by atoms with Gasteiger partial charge in [0.05, 0.1) is 23.9 Å². The Morgan fingerprint density at radius 2 is 1.88 bits per heavy atom. The van der Waals surface area contributed by atoms with E-state index in [0.717, 1.165) is 37.4 Å². The summed E-state index contributed by atoms with van der Waals surface area (Å²) in [5.74, 6) is 0.586. The fourth-order valence-electron chi connectivity index (χ4n) is 4.25. The third-order valence-electron chi connectivity index (χ3n) is 5.93. The van der Waals surface area contributed by atoms with Crippen LogP contribution in [0.25, 0.3) is 0 Å². The second-order valence-corrected chi connectivity index (χ2v) is 8.67. The van der Waals surface area contributed by atoms with E-state index in [1.165, 1.54) is 5.56 Å². The number of aryl methyl sites for hydroxylation is 1. The lowest BCUT2D eigenvalue weighted by Gasteiger charge is -2.43. The highest BCUT2D eigenvalue weighted by molar-refractivity contribution is 6.30. The molecular formula is C26H28ClN4O2+. The average molecular weight is 464 g/mol. The smallest absolute Gasteiger partial charge is 0.168 e. The zero-order valence-electron chi connectivity index (χ0n) is 18.7. The van der Waals surface area contributed by atoms with Crippen molar-refractivity contribution in [2.45, 2.75) is 12.6 Å². The molecule has 0 saturated carbocycles. The molecule has 0 amide bonds. The van der Waals surface area contributed by atoms with Crippen LogP contribution >= 0.6 is 11.6 Å². The number of anilines is 1. The minimum absolute atomic E-state index is 0.0656. The first kappa shape index (κ1) is 23.1. The van der Waals surface area contributed by atoms with Crippen molar-refractivity contribution in [3.63, 3.8) is 0 Å². The van der Waals surface area contributed by atoms with Gasteiger partial charge < -0.3 is 14.7 Å². The quantitative estimate of drug-likeness (QED) is 0.543. The Kier molecular flexibility index (Phi) is 7.46. The summed E-state index contributed by atoms with van der Waals surface area (Å²) in [5, 5.41) is 19.6. The highest BCUT2D eigenvalue weighted by Crippen LogP contribution is 2.35. The van der Waals surface area contributed by atoms with Crippen LogP contribution < -0.4 is 14.2 Å². The summed E-state index contributed by atoms with van der Waals surface area (Å²) in [6.45, 7) is 3.52. The number of benzene rings is 2. The van der Waals surface area contributed by atoms with E-state index in [4.69, 9.17) is 21.4 Å². The van der Waals surface area contributed by atoms with Gasteiger partial charge in [-0.2, -0.15) is 5.26 Å². The number of hydrogen-bond donors (Lipinski definition) is 1. The molecule has 1 N–H and O–H groups in total. The van der Waals surface area contributed by atoms with Crippen LogP contribution in [0.3, 0.4) is 0 Å². The zero-order chi connectivity index (χ0) is 23.2. The molecule has 7 heteroatoms. The van der Waals surface area contributed by atoms with E-state index in [9.17, 15) is 5.26 Å². The van der Waals surface area contributed by atoms with Gasteiger partial charge in [-0.3, -0.25) is 4.90 Å². The SMILES string of the molecule is C[n+]1ccc(CN2CCN(c3ccc(OCCO)cc3C#N)[C@H](c3ccc(Cl)cc3)C2)cc1. The molecule has 2 aromatic carbocycles. The molecule has 0 unspecified atom stereocenters. The van der Waals surface area contributed by atoms with Crippen LogP contribution in [-0.2, 0) is 13.6 Å². The van der Waals surface area contributed by atoms with Crippen molar-refractivity contribution in [1.29, 1.82) is 5.26 Å². The maximum absolute atomic E-state index is 9.85. The van der Waals surface area contributed by atoms with Gasteiger partial charge in [-0.15, -0.1) is 0 Å². The first-order chi connectivity index (χ1) is 16.1. The van der Waals surface area contributed by atoms with Gasteiger partial charge in [0.25, 0.3) is 0 Å². The molecule has 1 aliphatic rings. The fourth-order valence-corrected chi connectivity index (χ4v) is 4.37. The standard InChI is InChI=1S/C26H28ClN4O2/c1-29-10-8-20(9-11-29)18-30-12-13-31(26(19-30)21-2-4-23(27)5-3-21)25-7-6-24(33-15-14-32)16-22(25)17-28/h2-11,16,26,32H,12-15,18-19H2,1H3/q+1/t26-/m0/s1. The number of nitrogens with zero attached hydrogens (tertiary/aromatic N) is 4. The maximum Gasteiger partial charge on any atom is 0.168 e. The number of aliphatic hydroxyl groups is 1. The molecule has 0 aliphatic carbocycles. The number of aromatic nitrogens is 1. The summed E-state index contributed by atoms with van der Waals surface area (Å²) in [6, 6.07) is 20.2. The number of aliphatic hydroxyl groups excluding tert-OH is 1. The number of ether oxygens (including phenoxy) is 1. The minimum Gasteiger partial charge on any atom is -0.491 e. The summed E-state index contributed by atoms with van der Waals surface area (Å²) < 4.78 is 7.55. The van der Waals surface area contributed by atoms with E-state index < -0.39 is 0 Å². The molecule has 0 bridgehead atoms. The molecule has 6 nitrogen and oxygen atoms in total. The Morgan fingerprint density at radius 1 is 1.12 bits per heavy atom. The monoisotopic (exact) mass is 463 g/mol. The molecule has 1 aromatic heterocycles. The molecule has 1 saturated heterocycles. The van der Waals surface area contributed by atoms with Gasteiger partial charge in [0.15, 0.2) is 12.4 Å². The van der Waals surface area contributed by atoms with Gasteiger partial charge in [0.2, 0.25) is 0 Å². The first-order valence-electron chi connectivity index (χ1n) is 11.0. The van der Waals surface area contributed by atoms with E-state index in [0.29, 0.717) is 16.3 Å². The number of pyridine rings is 1. The van der Waals surface area contributed by atoms with Crippen LogP contribution in [0.4, 0.5) is 5.69 Å². The zero-order valence-corrected chi connectivity index (χ0v) is 19.4. The van der Waals surface area contributed by atoms with Gasteiger partial charge in [0.1, 0.15) is 25.5 Å². The van der Waals surface area contributed by atoms with E-state index in [2.05, 4.69) is 52.5 Å². The molecule has 1 fully saturated rings. The van der Waals surface area contributed by atoms with Crippen molar-refractivity contribution < 1.29 is 14.4 Å². The van der Waals surface area contributed by atoms with Crippen LogP contribution in [0.1, 0.15) is 22.7 Å². The van der Waals surface area contributed by atoms with Crippen molar-refractivity contribution in [3.8, 4) is 11.8 Å².